The second-order valence-electron chi connectivity index (χ2n) is 5.56. The monoisotopic (exact) mass is 378 g/mol. The molecule has 0 radical (unpaired) electrons. The topological polar surface area (TPSA) is 95.3 Å². The first kappa shape index (κ1) is 19.9. The van der Waals surface area contributed by atoms with Gasteiger partial charge in [-0.05, 0) is 19.9 Å². The van der Waals surface area contributed by atoms with E-state index in [0.29, 0.717) is 24.1 Å². The summed E-state index contributed by atoms with van der Waals surface area (Å²) in [6.45, 7) is 4.71. The highest BCUT2D eigenvalue weighted by molar-refractivity contribution is 8.00. The first-order chi connectivity index (χ1) is 12.5. The summed E-state index contributed by atoms with van der Waals surface area (Å²) < 4.78 is 11.5. The maximum Gasteiger partial charge on any atom is 0.413 e. The molecule has 9 heteroatoms. The van der Waals surface area contributed by atoms with Gasteiger partial charge in [0.1, 0.15) is 0 Å². The zero-order chi connectivity index (χ0) is 19.1. The van der Waals surface area contributed by atoms with Gasteiger partial charge in [0, 0.05) is 12.7 Å². The summed E-state index contributed by atoms with van der Waals surface area (Å²) in [6.07, 6.45) is -0.788. The Bertz CT molecular complexity index is 778. The number of nitrogens with zero attached hydrogens (tertiary/aromatic N) is 3. The fraction of sp³-hybridized carbons (Fsp3) is 0.412. The van der Waals surface area contributed by atoms with E-state index in [1.807, 2.05) is 35.8 Å². The van der Waals surface area contributed by atoms with E-state index in [4.69, 9.17) is 4.74 Å². The minimum Gasteiger partial charge on any atom is -0.453 e. The molecular formula is C17H22N4O4S. The number of carbonyl (C=O) groups excluding carboxylic acids is 2. The van der Waals surface area contributed by atoms with Crippen molar-refractivity contribution in [3.8, 4) is 11.4 Å². The lowest BCUT2D eigenvalue weighted by Crippen LogP contribution is -2.36. The van der Waals surface area contributed by atoms with Gasteiger partial charge in [0.05, 0.1) is 25.5 Å². The SMILES string of the molecule is COCCn1c(S[C@@H](C)C(=O)NC(=O)OC)nnc1-c1cccc(C)c1. The predicted octanol–water partition coefficient (Wildman–Crippen LogP) is 2.26. The summed E-state index contributed by atoms with van der Waals surface area (Å²) >= 11 is 1.21. The molecule has 0 aliphatic heterocycles. The van der Waals surface area contributed by atoms with Crippen LogP contribution in [-0.2, 0) is 20.8 Å². The molecule has 2 aromatic rings. The number of aromatic nitrogens is 3. The normalized spacial score (nSPS) is 11.8. The molecule has 0 saturated carbocycles. The van der Waals surface area contributed by atoms with Gasteiger partial charge in [-0.1, -0.05) is 35.5 Å². The number of carbonyl (C=O) groups is 2. The van der Waals surface area contributed by atoms with E-state index in [0.717, 1.165) is 11.1 Å². The van der Waals surface area contributed by atoms with E-state index < -0.39 is 17.3 Å². The Morgan fingerprint density at radius 1 is 1.31 bits per heavy atom. The first-order valence-corrected chi connectivity index (χ1v) is 8.89. The smallest absolute Gasteiger partial charge is 0.413 e. The predicted molar refractivity (Wildman–Crippen MR) is 97.9 cm³/mol. The second kappa shape index (κ2) is 9.35. The van der Waals surface area contributed by atoms with E-state index in [9.17, 15) is 9.59 Å². The highest BCUT2D eigenvalue weighted by Gasteiger charge is 2.22. The van der Waals surface area contributed by atoms with Crippen molar-refractivity contribution in [2.24, 2.45) is 0 Å². The highest BCUT2D eigenvalue weighted by Crippen LogP contribution is 2.27. The zero-order valence-electron chi connectivity index (χ0n) is 15.2. The van der Waals surface area contributed by atoms with Crippen molar-refractivity contribution in [1.29, 1.82) is 0 Å². The molecule has 0 unspecified atom stereocenters. The van der Waals surface area contributed by atoms with Crippen LogP contribution in [0, 0.1) is 6.92 Å². The van der Waals surface area contributed by atoms with Crippen LogP contribution in [0.25, 0.3) is 11.4 Å². The van der Waals surface area contributed by atoms with Crippen molar-refractivity contribution in [2.75, 3.05) is 20.8 Å². The maximum absolute atomic E-state index is 12.0. The van der Waals surface area contributed by atoms with Gasteiger partial charge in [-0.3, -0.25) is 14.7 Å². The number of ether oxygens (including phenoxy) is 2. The lowest BCUT2D eigenvalue weighted by molar-refractivity contribution is -0.119. The van der Waals surface area contributed by atoms with Gasteiger partial charge < -0.3 is 9.47 Å². The largest absolute Gasteiger partial charge is 0.453 e. The summed E-state index contributed by atoms with van der Waals surface area (Å²) in [5.41, 5.74) is 2.05. The van der Waals surface area contributed by atoms with Crippen LogP contribution in [0.4, 0.5) is 4.79 Å². The second-order valence-corrected chi connectivity index (χ2v) is 6.87. The quantitative estimate of drug-likeness (QED) is 0.738. The minimum atomic E-state index is -0.788. The van der Waals surface area contributed by atoms with Crippen LogP contribution >= 0.6 is 11.8 Å². The third-order valence-corrected chi connectivity index (χ3v) is 4.65. The van der Waals surface area contributed by atoms with Crippen LogP contribution in [0.3, 0.4) is 0 Å². The average molecular weight is 378 g/mol. The Kier molecular flexibility index (Phi) is 7.16. The lowest BCUT2D eigenvalue weighted by atomic mass is 10.1. The van der Waals surface area contributed by atoms with Gasteiger partial charge in [-0.15, -0.1) is 10.2 Å². The fourth-order valence-corrected chi connectivity index (χ4v) is 3.10. The van der Waals surface area contributed by atoms with Gasteiger partial charge in [0.25, 0.3) is 0 Å². The van der Waals surface area contributed by atoms with Crippen molar-refractivity contribution >= 4 is 23.8 Å². The lowest BCUT2D eigenvalue weighted by Gasteiger charge is -2.13. The van der Waals surface area contributed by atoms with E-state index in [1.165, 1.54) is 18.9 Å². The maximum atomic E-state index is 12.0. The van der Waals surface area contributed by atoms with E-state index >= 15 is 0 Å². The Hall–Kier alpha value is -2.39. The van der Waals surface area contributed by atoms with Crippen LogP contribution in [0.5, 0.6) is 0 Å². The van der Waals surface area contributed by atoms with Gasteiger partial charge in [0.15, 0.2) is 11.0 Å². The van der Waals surface area contributed by atoms with Crippen LogP contribution in [0.1, 0.15) is 12.5 Å². The molecule has 0 bridgehead atoms. The summed E-state index contributed by atoms with van der Waals surface area (Å²) in [5, 5.41) is 10.7. The number of hydrogen-bond donors (Lipinski definition) is 1. The number of nitrogens with one attached hydrogen (secondary N) is 1. The molecule has 8 nitrogen and oxygen atoms in total. The highest BCUT2D eigenvalue weighted by atomic mass is 32.2. The number of imide groups is 1. The Morgan fingerprint density at radius 3 is 2.73 bits per heavy atom. The number of rotatable bonds is 7. The average Bonchev–Trinajstić information content (AvgIpc) is 3.02. The van der Waals surface area contributed by atoms with Crippen LogP contribution in [0.15, 0.2) is 29.4 Å². The standard InChI is InChI=1S/C17H22N4O4S/c1-11-6-5-7-13(10-11)14-19-20-16(21(14)8-9-24-3)26-12(2)15(22)18-17(23)25-4/h5-7,10,12H,8-9H2,1-4H3,(H,18,22,23)/t12-/m0/s1. The summed E-state index contributed by atoms with van der Waals surface area (Å²) in [7, 11) is 2.83. The van der Waals surface area contributed by atoms with Gasteiger partial charge in [-0.2, -0.15) is 0 Å². The van der Waals surface area contributed by atoms with Gasteiger partial charge >= 0.3 is 6.09 Å². The number of methoxy groups -OCH3 is 2. The number of thioether (sulfide) groups is 1. The molecule has 140 valence electrons. The van der Waals surface area contributed by atoms with Crippen molar-refractivity contribution in [3.05, 3.63) is 29.8 Å². The Morgan fingerprint density at radius 2 is 2.08 bits per heavy atom. The van der Waals surface area contributed by atoms with E-state index in [1.54, 1.807) is 14.0 Å². The minimum absolute atomic E-state index is 0.458. The van der Waals surface area contributed by atoms with Crippen molar-refractivity contribution in [1.82, 2.24) is 20.1 Å². The van der Waals surface area contributed by atoms with Crippen molar-refractivity contribution in [3.63, 3.8) is 0 Å². The molecular weight excluding hydrogens is 356 g/mol. The number of benzene rings is 1. The molecule has 2 amide bonds. The zero-order valence-corrected chi connectivity index (χ0v) is 16.0. The molecule has 1 atom stereocenters. The van der Waals surface area contributed by atoms with Gasteiger partial charge in [-0.25, -0.2) is 4.79 Å². The van der Waals surface area contributed by atoms with Crippen molar-refractivity contribution < 1.29 is 19.1 Å². The van der Waals surface area contributed by atoms with Gasteiger partial charge in [0.2, 0.25) is 5.91 Å². The molecule has 0 aliphatic rings. The summed E-state index contributed by atoms with van der Waals surface area (Å²) in [4.78, 5) is 23.2. The number of hydrogen-bond acceptors (Lipinski definition) is 7. The molecule has 0 fully saturated rings. The van der Waals surface area contributed by atoms with E-state index in [2.05, 4.69) is 20.3 Å². The number of amides is 2. The first-order valence-electron chi connectivity index (χ1n) is 8.01. The molecule has 0 saturated heterocycles. The van der Waals surface area contributed by atoms with Crippen molar-refractivity contribution in [2.45, 2.75) is 30.8 Å². The molecule has 0 spiro atoms. The molecule has 1 heterocycles. The van der Waals surface area contributed by atoms with Crippen LogP contribution in [0.2, 0.25) is 0 Å². The third-order valence-electron chi connectivity index (χ3n) is 3.57. The molecule has 1 aromatic carbocycles. The number of aryl methyl sites for hydroxylation is 1. The summed E-state index contributed by atoms with van der Waals surface area (Å²) in [5.74, 6) is 0.245. The Balaban J connectivity index is 2.25. The molecule has 1 N–H and O–H groups in total. The molecule has 1 aromatic heterocycles. The molecule has 0 aliphatic carbocycles. The van der Waals surface area contributed by atoms with E-state index in [-0.39, 0.29) is 0 Å². The van der Waals surface area contributed by atoms with Crippen LogP contribution < -0.4 is 5.32 Å². The number of alkyl carbamates (subject to hydrolysis) is 1. The summed E-state index contributed by atoms with van der Waals surface area (Å²) in [6, 6.07) is 7.95. The molecule has 26 heavy (non-hydrogen) atoms. The third kappa shape index (κ3) is 5.06. The Labute approximate surface area is 156 Å². The van der Waals surface area contributed by atoms with Crippen LogP contribution in [-0.4, -0.2) is 52.8 Å². The molecule has 2 rings (SSSR count). The fourth-order valence-electron chi connectivity index (χ4n) is 2.22.